The molecule has 1 nitrogen and oxygen atoms in total. The second-order valence-corrected chi connectivity index (χ2v) is 4.67. The molecule has 0 spiro atoms. The summed E-state index contributed by atoms with van der Waals surface area (Å²) in [6.07, 6.45) is -0.506. The number of hydrogen-bond acceptors (Lipinski definition) is 1. The lowest BCUT2D eigenvalue weighted by molar-refractivity contribution is 0.176. The molecule has 0 saturated carbocycles. The van der Waals surface area contributed by atoms with E-state index in [1.54, 1.807) is 30.3 Å². The molecule has 0 aliphatic heterocycles. The van der Waals surface area contributed by atoms with Crippen molar-refractivity contribution in [3.05, 3.63) is 70.0 Å². The number of aliphatic hydroxyl groups excluding tert-OH is 1. The summed E-state index contributed by atoms with van der Waals surface area (Å²) in [6, 6.07) is 11.8. The zero-order valence-corrected chi connectivity index (χ0v) is 10.8. The Kier molecular flexibility index (Phi) is 4.00. The third kappa shape index (κ3) is 2.71. The molecule has 1 unspecified atom stereocenters. The first-order valence-corrected chi connectivity index (χ1v) is 6.14. The van der Waals surface area contributed by atoms with E-state index in [2.05, 4.69) is 0 Å². The standard InChI is InChI=1S/C15H14ClFO/c1-10-12(6-4-7-13(10)16)15(18)9-11-5-2-3-8-14(11)17/h2-8,15,18H,9H2,1H3. The van der Waals surface area contributed by atoms with E-state index >= 15 is 0 Å². The summed E-state index contributed by atoms with van der Waals surface area (Å²) in [5.74, 6) is -0.295. The SMILES string of the molecule is Cc1c(Cl)cccc1C(O)Cc1ccccc1F. The highest BCUT2D eigenvalue weighted by atomic mass is 35.5. The van der Waals surface area contributed by atoms with Crippen LogP contribution in [-0.4, -0.2) is 5.11 Å². The minimum Gasteiger partial charge on any atom is -0.388 e. The van der Waals surface area contributed by atoms with Crippen LogP contribution < -0.4 is 0 Å². The maximum Gasteiger partial charge on any atom is 0.126 e. The smallest absolute Gasteiger partial charge is 0.126 e. The van der Waals surface area contributed by atoms with E-state index in [-0.39, 0.29) is 12.2 Å². The summed E-state index contributed by atoms with van der Waals surface area (Å²) < 4.78 is 13.5. The first-order valence-electron chi connectivity index (χ1n) is 5.76. The van der Waals surface area contributed by atoms with Crippen molar-refractivity contribution in [3.63, 3.8) is 0 Å². The predicted molar refractivity (Wildman–Crippen MR) is 71.3 cm³/mol. The van der Waals surface area contributed by atoms with Crippen LogP contribution in [-0.2, 0) is 6.42 Å². The zero-order chi connectivity index (χ0) is 13.1. The molecule has 0 saturated heterocycles. The van der Waals surface area contributed by atoms with Crippen LogP contribution in [0.3, 0.4) is 0 Å². The zero-order valence-electron chi connectivity index (χ0n) is 10.0. The third-order valence-electron chi connectivity index (χ3n) is 3.04. The van der Waals surface area contributed by atoms with E-state index in [0.717, 1.165) is 11.1 Å². The van der Waals surface area contributed by atoms with Crippen molar-refractivity contribution in [1.29, 1.82) is 0 Å². The van der Waals surface area contributed by atoms with Gasteiger partial charge in [0.1, 0.15) is 5.82 Å². The second-order valence-electron chi connectivity index (χ2n) is 4.27. The number of aliphatic hydroxyl groups is 1. The summed E-state index contributed by atoms with van der Waals surface area (Å²) in [5.41, 5.74) is 2.08. The van der Waals surface area contributed by atoms with Crippen LogP contribution in [0.4, 0.5) is 4.39 Å². The predicted octanol–water partition coefficient (Wildman–Crippen LogP) is 4.06. The highest BCUT2D eigenvalue weighted by molar-refractivity contribution is 6.31. The number of hydrogen-bond donors (Lipinski definition) is 1. The Morgan fingerprint density at radius 3 is 2.61 bits per heavy atom. The van der Waals surface area contributed by atoms with Crippen LogP contribution in [0.25, 0.3) is 0 Å². The van der Waals surface area contributed by atoms with E-state index in [1.807, 2.05) is 13.0 Å². The Morgan fingerprint density at radius 2 is 1.89 bits per heavy atom. The van der Waals surface area contributed by atoms with Gasteiger partial charge in [0.2, 0.25) is 0 Å². The van der Waals surface area contributed by atoms with Crippen LogP contribution in [0.2, 0.25) is 5.02 Å². The quantitative estimate of drug-likeness (QED) is 0.886. The molecule has 2 rings (SSSR count). The van der Waals surface area contributed by atoms with Crippen LogP contribution in [0.1, 0.15) is 22.8 Å². The van der Waals surface area contributed by atoms with Crippen molar-refractivity contribution in [2.24, 2.45) is 0 Å². The number of halogens is 2. The van der Waals surface area contributed by atoms with Crippen molar-refractivity contribution in [3.8, 4) is 0 Å². The topological polar surface area (TPSA) is 20.2 Å². The van der Waals surface area contributed by atoms with Gasteiger partial charge in [-0.1, -0.05) is 41.9 Å². The van der Waals surface area contributed by atoms with Crippen LogP contribution in [0.5, 0.6) is 0 Å². The van der Waals surface area contributed by atoms with Crippen molar-refractivity contribution in [1.82, 2.24) is 0 Å². The van der Waals surface area contributed by atoms with E-state index in [1.165, 1.54) is 6.07 Å². The maximum atomic E-state index is 13.5. The van der Waals surface area contributed by atoms with Gasteiger partial charge in [-0.25, -0.2) is 4.39 Å². The molecule has 3 heteroatoms. The molecule has 0 aromatic heterocycles. The van der Waals surface area contributed by atoms with Gasteiger partial charge >= 0.3 is 0 Å². The molecule has 0 radical (unpaired) electrons. The van der Waals surface area contributed by atoms with Gasteiger partial charge in [0.25, 0.3) is 0 Å². The number of rotatable bonds is 3. The van der Waals surface area contributed by atoms with Gasteiger partial charge in [-0.2, -0.15) is 0 Å². The highest BCUT2D eigenvalue weighted by Gasteiger charge is 2.14. The van der Waals surface area contributed by atoms with Gasteiger partial charge in [0.15, 0.2) is 0 Å². The fourth-order valence-electron chi connectivity index (χ4n) is 1.97. The molecular formula is C15H14ClFO. The molecule has 0 bridgehead atoms. The molecule has 94 valence electrons. The van der Waals surface area contributed by atoms with Crippen molar-refractivity contribution < 1.29 is 9.50 Å². The monoisotopic (exact) mass is 264 g/mol. The van der Waals surface area contributed by atoms with Crippen LogP contribution >= 0.6 is 11.6 Å². The summed E-state index contributed by atoms with van der Waals surface area (Å²) in [5, 5.41) is 10.8. The minimum atomic E-state index is -0.749. The highest BCUT2D eigenvalue weighted by Crippen LogP contribution is 2.27. The summed E-state index contributed by atoms with van der Waals surface area (Å²) in [4.78, 5) is 0. The van der Waals surface area contributed by atoms with Crippen molar-refractivity contribution in [2.45, 2.75) is 19.4 Å². The average molecular weight is 265 g/mol. The van der Waals surface area contributed by atoms with Gasteiger partial charge in [-0.05, 0) is 35.7 Å². The molecular weight excluding hydrogens is 251 g/mol. The van der Waals surface area contributed by atoms with E-state index in [0.29, 0.717) is 10.6 Å². The third-order valence-corrected chi connectivity index (χ3v) is 3.45. The van der Waals surface area contributed by atoms with Gasteiger partial charge in [-0.15, -0.1) is 0 Å². The normalized spacial score (nSPS) is 12.4. The molecule has 18 heavy (non-hydrogen) atoms. The van der Waals surface area contributed by atoms with Crippen molar-refractivity contribution >= 4 is 11.6 Å². The summed E-state index contributed by atoms with van der Waals surface area (Å²) in [7, 11) is 0. The van der Waals surface area contributed by atoms with Crippen LogP contribution in [0, 0.1) is 12.7 Å². The Balaban J connectivity index is 2.25. The Morgan fingerprint density at radius 1 is 1.17 bits per heavy atom. The number of benzene rings is 2. The Labute approximate surface area is 111 Å². The lowest BCUT2D eigenvalue weighted by atomic mass is 9.97. The van der Waals surface area contributed by atoms with Gasteiger partial charge in [0.05, 0.1) is 6.10 Å². The lowest BCUT2D eigenvalue weighted by Crippen LogP contribution is -2.05. The molecule has 0 heterocycles. The van der Waals surface area contributed by atoms with Gasteiger partial charge in [-0.3, -0.25) is 0 Å². The molecule has 1 N–H and O–H groups in total. The van der Waals surface area contributed by atoms with E-state index in [4.69, 9.17) is 11.6 Å². The molecule has 0 amide bonds. The average Bonchev–Trinajstić information content (AvgIpc) is 2.35. The van der Waals surface area contributed by atoms with Gasteiger partial charge < -0.3 is 5.11 Å². The second kappa shape index (κ2) is 5.51. The molecule has 0 aliphatic rings. The van der Waals surface area contributed by atoms with E-state index in [9.17, 15) is 9.50 Å². The molecule has 0 aliphatic carbocycles. The van der Waals surface area contributed by atoms with Crippen LogP contribution in [0.15, 0.2) is 42.5 Å². The lowest BCUT2D eigenvalue weighted by Gasteiger charge is -2.15. The van der Waals surface area contributed by atoms with Gasteiger partial charge in [0, 0.05) is 11.4 Å². The maximum absolute atomic E-state index is 13.5. The first-order chi connectivity index (χ1) is 8.59. The fourth-order valence-corrected chi connectivity index (χ4v) is 2.15. The molecule has 2 aromatic rings. The molecule has 1 atom stereocenters. The summed E-state index contributed by atoms with van der Waals surface area (Å²) in [6.45, 7) is 1.85. The Hall–Kier alpha value is -1.38. The fraction of sp³-hybridized carbons (Fsp3) is 0.200. The summed E-state index contributed by atoms with van der Waals surface area (Å²) >= 11 is 6.01. The molecule has 0 fully saturated rings. The molecule has 2 aromatic carbocycles. The Bertz CT molecular complexity index is 554. The van der Waals surface area contributed by atoms with E-state index < -0.39 is 6.10 Å². The minimum absolute atomic E-state index is 0.244. The first kappa shape index (κ1) is 13.1. The van der Waals surface area contributed by atoms with Crippen molar-refractivity contribution in [2.75, 3.05) is 0 Å². The largest absolute Gasteiger partial charge is 0.388 e.